The second kappa shape index (κ2) is 6.34. The van der Waals surface area contributed by atoms with Crippen LogP contribution in [-0.4, -0.2) is 6.04 Å². The second-order valence-electron chi connectivity index (χ2n) is 4.62. The predicted molar refractivity (Wildman–Crippen MR) is 78.2 cm³/mol. The lowest BCUT2D eigenvalue weighted by Gasteiger charge is -2.15. The lowest BCUT2D eigenvalue weighted by Crippen LogP contribution is -2.36. The van der Waals surface area contributed by atoms with Gasteiger partial charge in [0.05, 0.1) is 0 Å². The van der Waals surface area contributed by atoms with Gasteiger partial charge in [0.25, 0.3) is 0 Å². The first-order chi connectivity index (χ1) is 8.83. The van der Waals surface area contributed by atoms with Gasteiger partial charge >= 0.3 is 0 Å². The fourth-order valence-corrected chi connectivity index (χ4v) is 2.21. The van der Waals surface area contributed by atoms with Gasteiger partial charge in [0, 0.05) is 6.04 Å². The van der Waals surface area contributed by atoms with Crippen LogP contribution >= 0.6 is 0 Å². The Bertz CT molecular complexity index is 519. The molecule has 0 heterocycles. The Morgan fingerprint density at radius 2 is 1.94 bits per heavy atom. The number of hydrogen-bond donors (Lipinski definition) is 2. The summed E-state index contributed by atoms with van der Waals surface area (Å²) in [6.45, 7) is 3.75. The van der Waals surface area contributed by atoms with Gasteiger partial charge in [-0.15, -0.1) is 6.58 Å². The summed E-state index contributed by atoms with van der Waals surface area (Å²) in [6.07, 6.45) is 4.90. The Morgan fingerprint density at radius 3 is 2.67 bits per heavy atom. The molecule has 0 aliphatic heterocycles. The molecule has 2 aromatic rings. The first kappa shape index (κ1) is 12.8. The third-order valence-electron chi connectivity index (χ3n) is 3.25. The number of allylic oxidation sites excluding steroid dienone is 1. The molecule has 2 nitrogen and oxygen atoms in total. The molecule has 94 valence electrons. The van der Waals surface area contributed by atoms with Gasteiger partial charge < -0.3 is 0 Å². The first-order valence-corrected chi connectivity index (χ1v) is 6.38. The zero-order valence-electron chi connectivity index (χ0n) is 10.6. The number of nitrogens with one attached hydrogen (secondary N) is 1. The monoisotopic (exact) mass is 240 g/mol. The summed E-state index contributed by atoms with van der Waals surface area (Å²) < 4.78 is 0. The zero-order chi connectivity index (χ0) is 12.8. The van der Waals surface area contributed by atoms with Crippen LogP contribution in [0.3, 0.4) is 0 Å². The molecule has 0 radical (unpaired) electrons. The normalized spacial score (nSPS) is 12.5. The molecular weight excluding hydrogens is 220 g/mol. The molecule has 0 spiro atoms. The topological polar surface area (TPSA) is 38.0 Å². The molecule has 0 aliphatic carbocycles. The van der Waals surface area contributed by atoms with Crippen molar-refractivity contribution in [2.45, 2.75) is 25.3 Å². The van der Waals surface area contributed by atoms with Crippen LogP contribution in [0.4, 0.5) is 0 Å². The lowest BCUT2D eigenvalue weighted by atomic mass is 9.99. The molecule has 1 unspecified atom stereocenters. The van der Waals surface area contributed by atoms with Crippen molar-refractivity contribution < 1.29 is 0 Å². The van der Waals surface area contributed by atoms with Crippen LogP contribution in [-0.2, 0) is 6.42 Å². The first-order valence-electron chi connectivity index (χ1n) is 6.38. The molecule has 0 amide bonds. The van der Waals surface area contributed by atoms with Crippen LogP contribution in [0.1, 0.15) is 18.4 Å². The minimum Gasteiger partial charge on any atom is -0.271 e. The van der Waals surface area contributed by atoms with Crippen molar-refractivity contribution in [1.29, 1.82) is 0 Å². The predicted octanol–water partition coefficient (Wildman–Crippen LogP) is 3.18. The minimum absolute atomic E-state index is 0.309. The van der Waals surface area contributed by atoms with Crippen molar-refractivity contribution in [2.24, 2.45) is 5.84 Å². The summed E-state index contributed by atoms with van der Waals surface area (Å²) in [5, 5.41) is 2.57. The molecule has 0 saturated heterocycles. The number of rotatable bonds is 6. The van der Waals surface area contributed by atoms with Crippen molar-refractivity contribution in [3.8, 4) is 0 Å². The van der Waals surface area contributed by atoms with E-state index >= 15 is 0 Å². The molecule has 0 aromatic heterocycles. The number of fused-ring (bicyclic) bond motifs is 1. The maximum Gasteiger partial charge on any atom is 0.0253 e. The molecule has 2 aromatic carbocycles. The molecule has 3 N–H and O–H groups in total. The van der Waals surface area contributed by atoms with Crippen molar-refractivity contribution in [1.82, 2.24) is 5.43 Å². The average Bonchev–Trinajstić information content (AvgIpc) is 2.43. The molecule has 1 atom stereocenters. The van der Waals surface area contributed by atoms with E-state index in [1.807, 2.05) is 6.08 Å². The van der Waals surface area contributed by atoms with Gasteiger partial charge in [-0.05, 0) is 35.6 Å². The lowest BCUT2D eigenvalue weighted by molar-refractivity contribution is 0.495. The third kappa shape index (κ3) is 3.19. The van der Waals surface area contributed by atoms with Crippen LogP contribution < -0.4 is 11.3 Å². The molecule has 0 aliphatic rings. The highest BCUT2D eigenvalue weighted by Crippen LogP contribution is 2.17. The Hall–Kier alpha value is -1.64. The van der Waals surface area contributed by atoms with Crippen molar-refractivity contribution in [3.63, 3.8) is 0 Å². The van der Waals surface area contributed by atoms with Gasteiger partial charge in [-0.1, -0.05) is 48.5 Å². The van der Waals surface area contributed by atoms with Crippen LogP contribution in [0.2, 0.25) is 0 Å². The van der Waals surface area contributed by atoms with Crippen LogP contribution in [0.5, 0.6) is 0 Å². The van der Waals surface area contributed by atoms with E-state index in [1.165, 1.54) is 16.3 Å². The fraction of sp³-hybridized carbons (Fsp3) is 0.250. The average molecular weight is 240 g/mol. The highest BCUT2D eigenvalue weighted by atomic mass is 15.2. The Kier molecular flexibility index (Phi) is 4.51. The summed E-state index contributed by atoms with van der Waals surface area (Å²) in [7, 11) is 0. The van der Waals surface area contributed by atoms with Crippen molar-refractivity contribution in [2.75, 3.05) is 0 Å². The van der Waals surface area contributed by atoms with E-state index in [4.69, 9.17) is 5.84 Å². The van der Waals surface area contributed by atoms with E-state index in [0.717, 1.165) is 19.3 Å². The molecule has 2 rings (SSSR count). The maximum atomic E-state index is 5.59. The van der Waals surface area contributed by atoms with Crippen LogP contribution in [0, 0.1) is 0 Å². The molecule has 0 saturated carbocycles. The van der Waals surface area contributed by atoms with Crippen LogP contribution in [0.15, 0.2) is 55.1 Å². The number of benzene rings is 2. The van der Waals surface area contributed by atoms with Gasteiger partial charge in [-0.3, -0.25) is 11.3 Å². The quantitative estimate of drug-likeness (QED) is 0.462. The maximum absolute atomic E-state index is 5.59. The molecule has 0 bridgehead atoms. The Labute approximate surface area is 108 Å². The van der Waals surface area contributed by atoms with E-state index in [0.29, 0.717) is 6.04 Å². The van der Waals surface area contributed by atoms with E-state index < -0.39 is 0 Å². The van der Waals surface area contributed by atoms with Gasteiger partial charge in [-0.25, -0.2) is 0 Å². The number of nitrogens with two attached hydrogens (primary N) is 1. The number of hydrazine groups is 1. The Morgan fingerprint density at radius 1 is 1.17 bits per heavy atom. The summed E-state index contributed by atoms with van der Waals surface area (Å²) in [4.78, 5) is 0. The molecule has 18 heavy (non-hydrogen) atoms. The highest BCUT2D eigenvalue weighted by molar-refractivity contribution is 5.82. The van der Waals surface area contributed by atoms with Gasteiger partial charge in [0.2, 0.25) is 0 Å². The number of hydrogen-bond acceptors (Lipinski definition) is 2. The van der Waals surface area contributed by atoms with E-state index in [1.54, 1.807) is 0 Å². The van der Waals surface area contributed by atoms with E-state index in [-0.39, 0.29) is 0 Å². The Balaban J connectivity index is 2.12. The third-order valence-corrected chi connectivity index (χ3v) is 3.25. The summed E-state index contributed by atoms with van der Waals surface area (Å²) >= 11 is 0. The van der Waals surface area contributed by atoms with Crippen molar-refractivity contribution in [3.05, 3.63) is 60.7 Å². The van der Waals surface area contributed by atoms with E-state index in [9.17, 15) is 0 Å². The SMILES string of the molecule is C=CCCC(Cc1ccc2ccccc2c1)NN. The van der Waals surface area contributed by atoms with Gasteiger partial charge in [0.1, 0.15) is 0 Å². The van der Waals surface area contributed by atoms with Crippen LogP contribution in [0.25, 0.3) is 10.8 Å². The molecule has 2 heteroatoms. The van der Waals surface area contributed by atoms with Gasteiger partial charge in [-0.2, -0.15) is 0 Å². The fourth-order valence-electron chi connectivity index (χ4n) is 2.21. The summed E-state index contributed by atoms with van der Waals surface area (Å²) in [5.41, 5.74) is 4.21. The molecular formula is C16H20N2. The smallest absolute Gasteiger partial charge is 0.0253 e. The summed E-state index contributed by atoms with van der Waals surface area (Å²) in [5.74, 6) is 5.59. The minimum atomic E-state index is 0.309. The molecule has 0 fully saturated rings. The van der Waals surface area contributed by atoms with Crippen molar-refractivity contribution >= 4 is 10.8 Å². The summed E-state index contributed by atoms with van der Waals surface area (Å²) in [6, 6.07) is 15.3. The standard InChI is InChI=1S/C16H20N2/c1-2-3-8-16(18-17)12-13-9-10-14-6-4-5-7-15(14)11-13/h2,4-7,9-11,16,18H,1,3,8,12,17H2. The second-order valence-corrected chi connectivity index (χ2v) is 4.62. The van der Waals surface area contributed by atoms with Gasteiger partial charge in [0.15, 0.2) is 0 Å². The zero-order valence-corrected chi connectivity index (χ0v) is 10.6. The highest BCUT2D eigenvalue weighted by Gasteiger charge is 2.07. The van der Waals surface area contributed by atoms with E-state index in [2.05, 4.69) is 54.5 Å². The largest absolute Gasteiger partial charge is 0.271 e.